The van der Waals surface area contributed by atoms with Crippen molar-refractivity contribution >= 4 is 37.6 Å². The molecule has 102 valence electrons. The summed E-state index contributed by atoms with van der Waals surface area (Å²) in [4.78, 5) is 0.000455. The van der Waals surface area contributed by atoms with Crippen LogP contribution in [0, 0.1) is 0 Å². The smallest absolute Gasteiger partial charge is 0.242 e. The third-order valence-corrected chi connectivity index (χ3v) is 5.31. The van der Waals surface area contributed by atoms with E-state index in [1.54, 1.807) is 19.9 Å². The van der Waals surface area contributed by atoms with Crippen molar-refractivity contribution in [2.24, 2.45) is 0 Å². The van der Waals surface area contributed by atoms with E-state index in [0.29, 0.717) is 10.9 Å². The van der Waals surface area contributed by atoms with Crippen LogP contribution in [-0.2, 0) is 10.0 Å². The highest BCUT2D eigenvalue weighted by Gasteiger charge is 2.29. The molecule has 0 bridgehead atoms. The van der Waals surface area contributed by atoms with Crippen LogP contribution in [0.25, 0.3) is 0 Å². The van der Waals surface area contributed by atoms with Crippen LogP contribution in [0.15, 0.2) is 27.6 Å². The van der Waals surface area contributed by atoms with E-state index in [9.17, 15) is 13.5 Å². The lowest BCUT2D eigenvalue weighted by atomic mass is 10.0. The molecule has 1 atom stereocenters. The molecule has 0 amide bonds. The molecule has 0 spiro atoms. The maximum atomic E-state index is 12.2. The van der Waals surface area contributed by atoms with Gasteiger partial charge in [-0.1, -0.05) is 34.5 Å². The molecule has 1 aromatic rings. The zero-order valence-electron chi connectivity index (χ0n) is 10.1. The topological polar surface area (TPSA) is 66.4 Å². The van der Waals surface area contributed by atoms with Crippen molar-refractivity contribution in [2.45, 2.75) is 30.7 Å². The molecule has 7 heteroatoms. The Kier molecular flexibility index (Phi) is 5.20. The van der Waals surface area contributed by atoms with E-state index in [1.165, 1.54) is 12.1 Å². The number of hydrogen-bond donors (Lipinski definition) is 2. The average molecular weight is 357 g/mol. The molecule has 1 aromatic carbocycles. The first-order valence-corrected chi connectivity index (χ1v) is 7.99. The van der Waals surface area contributed by atoms with Crippen molar-refractivity contribution in [1.82, 2.24) is 4.72 Å². The second kappa shape index (κ2) is 5.88. The molecule has 4 nitrogen and oxygen atoms in total. The van der Waals surface area contributed by atoms with Crippen molar-refractivity contribution in [3.8, 4) is 0 Å². The van der Waals surface area contributed by atoms with Crippen LogP contribution >= 0.6 is 27.5 Å². The second-order valence-corrected chi connectivity index (χ2v) is 7.23. The monoisotopic (exact) mass is 355 g/mol. The van der Waals surface area contributed by atoms with Crippen molar-refractivity contribution in [3.05, 3.63) is 27.7 Å². The molecule has 1 rings (SSSR count). The molecule has 0 aliphatic rings. The lowest BCUT2D eigenvalue weighted by Crippen LogP contribution is -2.48. The first-order valence-electron chi connectivity index (χ1n) is 5.34. The molecule has 0 fully saturated rings. The van der Waals surface area contributed by atoms with Crippen LogP contribution < -0.4 is 4.72 Å². The van der Waals surface area contributed by atoms with Gasteiger partial charge in [-0.3, -0.25) is 0 Å². The van der Waals surface area contributed by atoms with Gasteiger partial charge in [-0.25, -0.2) is 13.1 Å². The van der Waals surface area contributed by atoms with Gasteiger partial charge in [0.05, 0.1) is 17.2 Å². The minimum absolute atomic E-state index is 0.000455. The number of aliphatic hydroxyl groups excluding tert-OH is 1. The van der Waals surface area contributed by atoms with E-state index in [4.69, 9.17) is 11.6 Å². The van der Waals surface area contributed by atoms with E-state index in [0.717, 1.165) is 0 Å². The van der Waals surface area contributed by atoms with Crippen LogP contribution in [0.1, 0.15) is 20.3 Å². The van der Waals surface area contributed by atoms with Crippen molar-refractivity contribution in [1.29, 1.82) is 0 Å². The Balaban J connectivity index is 3.15. The summed E-state index contributed by atoms with van der Waals surface area (Å²) in [5, 5.41) is 9.37. The minimum atomic E-state index is -3.75. The van der Waals surface area contributed by atoms with Gasteiger partial charge in [-0.2, -0.15) is 0 Å². The zero-order valence-corrected chi connectivity index (χ0v) is 13.2. The quantitative estimate of drug-likeness (QED) is 0.852. The van der Waals surface area contributed by atoms with Gasteiger partial charge in [-0.05, 0) is 31.5 Å². The van der Waals surface area contributed by atoms with Gasteiger partial charge in [-0.15, -0.1) is 0 Å². The number of rotatable bonds is 5. The van der Waals surface area contributed by atoms with Crippen LogP contribution in [0.2, 0.25) is 5.02 Å². The second-order valence-electron chi connectivity index (χ2n) is 4.25. The lowest BCUT2D eigenvalue weighted by Gasteiger charge is -2.27. The van der Waals surface area contributed by atoms with Crippen LogP contribution in [-0.4, -0.2) is 25.7 Å². The molecule has 0 saturated carbocycles. The van der Waals surface area contributed by atoms with Crippen molar-refractivity contribution in [3.63, 3.8) is 0 Å². The molecule has 2 N–H and O–H groups in total. The highest BCUT2D eigenvalue weighted by molar-refractivity contribution is 9.10. The summed E-state index contributed by atoms with van der Waals surface area (Å²) in [5.74, 6) is 0. The number of hydrogen-bond acceptors (Lipinski definition) is 3. The fourth-order valence-electron chi connectivity index (χ4n) is 1.29. The normalized spacial score (nSPS) is 15.4. The highest BCUT2D eigenvalue weighted by Crippen LogP contribution is 2.26. The summed E-state index contributed by atoms with van der Waals surface area (Å²) >= 11 is 9.13. The maximum absolute atomic E-state index is 12.2. The summed E-state index contributed by atoms with van der Waals surface area (Å²) in [6.45, 7) is 3.15. The summed E-state index contributed by atoms with van der Waals surface area (Å²) in [7, 11) is -3.75. The Morgan fingerprint density at radius 1 is 1.50 bits per heavy atom. The standard InChI is InChI=1S/C11H15BrClNO3S/c1-3-11(2,7-15)14-18(16,17)10-5-4-8(12)6-9(10)13/h4-6,14-15H,3,7H2,1-2H3. The molecule has 0 aliphatic heterocycles. The molecular weight excluding hydrogens is 342 g/mol. The van der Waals surface area contributed by atoms with Gasteiger partial charge in [0.2, 0.25) is 10.0 Å². The molecule has 1 unspecified atom stereocenters. The Hall–Kier alpha value is -0.140. The predicted octanol–water partition coefficient (Wildman–Crippen LogP) is 2.54. The van der Waals surface area contributed by atoms with Crippen LogP contribution in [0.5, 0.6) is 0 Å². The number of halogens is 2. The zero-order chi connectivity index (χ0) is 14.0. The third-order valence-electron chi connectivity index (χ3n) is 2.69. The SMILES string of the molecule is CCC(C)(CO)NS(=O)(=O)c1ccc(Br)cc1Cl. The first kappa shape index (κ1) is 15.9. The van der Waals surface area contributed by atoms with Gasteiger partial charge in [0.1, 0.15) is 4.90 Å². The average Bonchev–Trinajstić information content (AvgIpc) is 2.27. The molecule has 0 saturated heterocycles. The lowest BCUT2D eigenvalue weighted by molar-refractivity contribution is 0.191. The number of sulfonamides is 1. The van der Waals surface area contributed by atoms with Gasteiger partial charge < -0.3 is 5.11 Å². The highest BCUT2D eigenvalue weighted by atomic mass is 79.9. The van der Waals surface area contributed by atoms with Crippen LogP contribution in [0.4, 0.5) is 0 Å². The molecule has 0 aromatic heterocycles. The third kappa shape index (κ3) is 3.68. The minimum Gasteiger partial charge on any atom is -0.394 e. The number of benzene rings is 1. The molecule has 0 heterocycles. The predicted molar refractivity (Wildman–Crippen MR) is 75.3 cm³/mol. The van der Waals surface area contributed by atoms with E-state index in [1.807, 2.05) is 0 Å². The Morgan fingerprint density at radius 3 is 2.56 bits per heavy atom. The van der Waals surface area contributed by atoms with E-state index in [2.05, 4.69) is 20.7 Å². The van der Waals surface area contributed by atoms with Gasteiger partial charge >= 0.3 is 0 Å². The Labute approximate surface area is 121 Å². The fraction of sp³-hybridized carbons (Fsp3) is 0.455. The fourth-order valence-corrected chi connectivity index (χ4v) is 3.80. The maximum Gasteiger partial charge on any atom is 0.242 e. The molecule has 0 radical (unpaired) electrons. The summed E-state index contributed by atoms with van der Waals surface area (Å²) in [6.07, 6.45) is 0.469. The Bertz CT molecular complexity index is 529. The summed E-state index contributed by atoms with van der Waals surface area (Å²) < 4.78 is 27.5. The van der Waals surface area contributed by atoms with Crippen molar-refractivity contribution in [2.75, 3.05) is 6.61 Å². The summed E-state index contributed by atoms with van der Waals surface area (Å²) in [5.41, 5.74) is -0.894. The van der Waals surface area contributed by atoms with E-state index in [-0.39, 0.29) is 16.5 Å². The largest absolute Gasteiger partial charge is 0.394 e. The van der Waals surface area contributed by atoms with Gasteiger partial charge in [0.15, 0.2) is 0 Å². The molecule has 0 aliphatic carbocycles. The van der Waals surface area contributed by atoms with E-state index >= 15 is 0 Å². The summed E-state index contributed by atoms with van der Waals surface area (Å²) in [6, 6.07) is 4.53. The number of nitrogens with one attached hydrogen (secondary N) is 1. The Morgan fingerprint density at radius 2 is 2.11 bits per heavy atom. The van der Waals surface area contributed by atoms with Crippen molar-refractivity contribution < 1.29 is 13.5 Å². The van der Waals surface area contributed by atoms with Crippen LogP contribution in [0.3, 0.4) is 0 Å². The van der Waals surface area contributed by atoms with Gasteiger partial charge in [0.25, 0.3) is 0 Å². The van der Waals surface area contributed by atoms with E-state index < -0.39 is 15.6 Å². The van der Waals surface area contributed by atoms with Gasteiger partial charge in [0, 0.05) is 4.47 Å². The molecule has 18 heavy (non-hydrogen) atoms. The first-order chi connectivity index (χ1) is 8.24. The number of aliphatic hydroxyl groups is 1. The molecular formula is C11H15BrClNO3S.